The van der Waals surface area contributed by atoms with E-state index in [-0.39, 0.29) is 36.1 Å². The van der Waals surface area contributed by atoms with Gasteiger partial charge >= 0.3 is 0 Å². The lowest BCUT2D eigenvalue weighted by Crippen LogP contribution is -2.36. The first-order chi connectivity index (χ1) is 10.7. The summed E-state index contributed by atoms with van der Waals surface area (Å²) in [7, 11) is -0.880. The third kappa shape index (κ3) is 5.45. The van der Waals surface area contributed by atoms with E-state index in [0.717, 1.165) is 12.1 Å². The van der Waals surface area contributed by atoms with Crippen molar-refractivity contribution in [2.24, 2.45) is 0 Å². The number of halogens is 1. The molecule has 0 aliphatic heterocycles. The first kappa shape index (κ1) is 19.3. The van der Waals surface area contributed by atoms with Crippen LogP contribution < -0.4 is 14.9 Å². The maximum Gasteiger partial charge on any atom is 0.243 e. The van der Waals surface area contributed by atoms with Crippen LogP contribution in [0.15, 0.2) is 23.1 Å². The number of aliphatic hydroxyl groups excluding tert-OH is 1. The molecule has 9 heteroatoms. The van der Waals surface area contributed by atoms with E-state index in [4.69, 9.17) is 5.11 Å². The van der Waals surface area contributed by atoms with Gasteiger partial charge in [-0.3, -0.25) is 4.79 Å². The lowest BCUT2D eigenvalue weighted by atomic mass is 10.2. The van der Waals surface area contributed by atoms with Crippen LogP contribution >= 0.6 is 0 Å². The van der Waals surface area contributed by atoms with Crippen LogP contribution in [0, 0.1) is 5.82 Å². The molecule has 0 spiro atoms. The first-order valence-corrected chi connectivity index (χ1v) is 8.54. The number of hydrogen-bond acceptors (Lipinski definition) is 5. The number of carbonyl (C=O) groups is 1. The van der Waals surface area contributed by atoms with E-state index in [1.54, 1.807) is 11.9 Å². The minimum atomic E-state index is -4.01. The summed E-state index contributed by atoms with van der Waals surface area (Å²) in [6.45, 7) is 1.38. The molecule has 0 bridgehead atoms. The molecule has 0 radical (unpaired) electrons. The van der Waals surface area contributed by atoms with Crippen molar-refractivity contribution in [2.75, 3.05) is 32.1 Å². The number of hydrogen-bond donors (Lipinski definition) is 3. The van der Waals surface area contributed by atoms with Crippen LogP contribution in [0.1, 0.15) is 13.3 Å². The Morgan fingerprint density at radius 1 is 1.43 bits per heavy atom. The number of sulfonamides is 1. The largest absolute Gasteiger partial charge is 0.395 e. The van der Waals surface area contributed by atoms with Crippen molar-refractivity contribution in [3.63, 3.8) is 0 Å². The fraction of sp³-hybridized carbons (Fsp3) is 0.500. The monoisotopic (exact) mass is 347 g/mol. The van der Waals surface area contributed by atoms with E-state index >= 15 is 0 Å². The topological polar surface area (TPSA) is 98.7 Å². The average molecular weight is 347 g/mol. The summed E-state index contributed by atoms with van der Waals surface area (Å²) in [5.41, 5.74) is 0.271. The quantitative estimate of drug-likeness (QED) is 0.617. The average Bonchev–Trinajstić information content (AvgIpc) is 2.51. The maximum absolute atomic E-state index is 13.5. The zero-order valence-electron chi connectivity index (χ0n) is 13.3. The molecule has 1 rings (SSSR count). The molecular weight excluding hydrogens is 325 g/mol. The Hall–Kier alpha value is -1.71. The normalized spacial score (nSPS) is 12.7. The summed E-state index contributed by atoms with van der Waals surface area (Å²) in [6.07, 6.45) is 0.171. The van der Waals surface area contributed by atoms with Gasteiger partial charge in [0.15, 0.2) is 0 Å². The Bertz CT molecular complexity index is 651. The number of carbonyl (C=O) groups excluding carboxylic acids is 1. The van der Waals surface area contributed by atoms with Gasteiger partial charge < -0.3 is 15.3 Å². The number of nitrogens with one attached hydrogen (secondary N) is 2. The minimum absolute atomic E-state index is 0.171. The first-order valence-electron chi connectivity index (χ1n) is 7.05. The molecule has 3 N–H and O–H groups in total. The highest BCUT2D eigenvalue weighted by Gasteiger charge is 2.23. The van der Waals surface area contributed by atoms with Crippen LogP contribution in [0.3, 0.4) is 0 Å². The molecule has 0 saturated carbocycles. The van der Waals surface area contributed by atoms with Crippen molar-refractivity contribution < 1.29 is 22.7 Å². The zero-order chi connectivity index (χ0) is 17.6. The van der Waals surface area contributed by atoms with E-state index in [1.165, 1.54) is 20.0 Å². The van der Waals surface area contributed by atoms with Crippen molar-refractivity contribution >= 4 is 21.6 Å². The third-order valence-electron chi connectivity index (χ3n) is 3.21. The number of nitrogens with zero attached hydrogens (tertiary/aromatic N) is 1. The molecule has 0 heterocycles. The molecule has 0 unspecified atom stereocenters. The number of anilines is 1. The molecule has 1 amide bonds. The summed E-state index contributed by atoms with van der Waals surface area (Å²) in [4.78, 5) is 12.6. The van der Waals surface area contributed by atoms with Crippen molar-refractivity contribution in [2.45, 2.75) is 24.3 Å². The second-order valence-corrected chi connectivity index (χ2v) is 6.84. The van der Waals surface area contributed by atoms with Crippen LogP contribution in [0.25, 0.3) is 0 Å². The lowest BCUT2D eigenvalue weighted by molar-refractivity contribution is -0.120. The Kier molecular flexibility index (Phi) is 6.92. The Morgan fingerprint density at radius 3 is 2.65 bits per heavy atom. The molecule has 23 heavy (non-hydrogen) atoms. The summed E-state index contributed by atoms with van der Waals surface area (Å²) < 4.78 is 40.5. The summed E-state index contributed by atoms with van der Waals surface area (Å²) >= 11 is 0. The van der Waals surface area contributed by atoms with Gasteiger partial charge in [-0.2, -0.15) is 0 Å². The van der Waals surface area contributed by atoms with Crippen molar-refractivity contribution in [3.8, 4) is 0 Å². The molecule has 1 atom stereocenters. The van der Waals surface area contributed by atoms with Gasteiger partial charge in [-0.05, 0) is 25.1 Å². The Balaban J connectivity index is 3.12. The number of amides is 1. The molecular formula is C14H22FN3O4S. The highest BCUT2D eigenvalue weighted by atomic mass is 32.2. The SMILES string of the molecule is CNC(=O)CCN(C)c1ccc(F)cc1S(=O)(=O)N[C@@H](C)CO. The van der Waals surface area contributed by atoms with E-state index < -0.39 is 21.9 Å². The van der Waals surface area contributed by atoms with Crippen molar-refractivity contribution in [1.82, 2.24) is 10.0 Å². The second-order valence-electron chi connectivity index (χ2n) is 5.16. The van der Waals surface area contributed by atoms with Gasteiger partial charge in [-0.15, -0.1) is 0 Å². The van der Waals surface area contributed by atoms with Crippen molar-refractivity contribution in [3.05, 3.63) is 24.0 Å². The summed E-state index contributed by atoms with van der Waals surface area (Å²) in [5.74, 6) is -0.874. The Morgan fingerprint density at radius 2 is 2.09 bits per heavy atom. The van der Waals surface area contributed by atoms with E-state index in [9.17, 15) is 17.6 Å². The van der Waals surface area contributed by atoms with Crippen LogP contribution in [0.4, 0.5) is 10.1 Å². The van der Waals surface area contributed by atoms with Gasteiger partial charge in [0.05, 0.1) is 12.3 Å². The smallest absolute Gasteiger partial charge is 0.243 e. The van der Waals surface area contributed by atoms with Crippen LogP contribution in [0.2, 0.25) is 0 Å². The molecule has 0 aliphatic carbocycles. The van der Waals surface area contributed by atoms with Crippen LogP contribution in [-0.4, -0.2) is 52.7 Å². The molecule has 0 aliphatic rings. The van der Waals surface area contributed by atoms with Gasteiger partial charge in [-0.1, -0.05) is 0 Å². The fourth-order valence-corrected chi connectivity index (χ4v) is 3.40. The Labute approximate surface area is 135 Å². The molecule has 1 aromatic rings. The highest BCUT2D eigenvalue weighted by Crippen LogP contribution is 2.25. The zero-order valence-corrected chi connectivity index (χ0v) is 14.2. The van der Waals surface area contributed by atoms with Gasteiger partial charge in [0.2, 0.25) is 15.9 Å². The second kappa shape index (κ2) is 8.23. The molecule has 7 nitrogen and oxygen atoms in total. The van der Waals surface area contributed by atoms with E-state index in [0.29, 0.717) is 0 Å². The van der Waals surface area contributed by atoms with E-state index in [1.807, 2.05) is 0 Å². The third-order valence-corrected chi connectivity index (χ3v) is 4.82. The van der Waals surface area contributed by atoms with Gasteiger partial charge in [0.1, 0.15) is 10.7 Å². The molecule has 1 aromatic carbocycles. The summed E-state index contributed by atoms with van der Waals surface area (Å²) in [6, 6.07) is 2.71. The van der Waals surface area contributed by atoms with Crippen LogP contribution in [-0.2, 0) is 14.8 Å². The predicted molar refractivity (Wildman–Crippen MR) is 85.2 cm³/mol. The maximum atomic E-state index is 13.5. The number of aliphatic hydroxyl groups is 1. The van der Waals surface area contributed by atoms with Crippen molar-refractivity contribution in [1.29, 1.82) is 0 Å². The minimum Gasteiger partial charge on any atom is -0.395 e. The standard InChI is InChI=1S/C14H22FN3O4S/c1-10(9-19)17-23(21,22)13-8-11(15)4-5-12(13)18(3)7-6-14(20)16-2/h4-5,8,10,17,19H,6-7,9H2,1-3H3,(H,16,20)/t10-/m0/s1. The van der Waals surface area contributed by atoms with Gasteiger partial charge in [-0.25, -0.2) is 17.5 Å². The van der Waals surface area contributed by atoms with Crippen LogP contribution in [0.5, 0.6) is 0 Å². The molecule has 0 fully saturated rings. The van der Waals surface area contributed by atoms with Gasteiger partial charge in [0.25, 0.3) is 0 Å². The number of benzene rings is 1. The predicted octanol–water partition coefficient (Wildman–Crippen LogP) is 0.0571. The van der Waals surface area contributed by atoms with E-state index in [2.05, 4.69) is 10.0 Å². The number of rotatable bonds is 8. The summed E-state index contributed by atoms with van der Waals surface area (Å²) in [5, 5.41) is 11.5. The molecule has 0 saturated heterocycles. The molecule has 130 valence electrons. The molecule has 0 aromatic heterocycles. The highest BCUT2D eigenvalue weighted by molar-refractivity contribution is 7.89. The fourth-order valence-electron chi connectivity index (χ4n) is 1.90. The van der Waals surface area contributed by atoms with Gasteiger partial charge in [0, 0.05) is 33.1 Å². The lowest BCUT2D eigenvalue weighted by Gasteiger charge is -2.23.